The molecule has 0 radical (unpaired) electrons. The van der Waals surface area contributed by atoms with Crippen molar-refractivity contribution in [3.63, 3.8) is 0 Å². The van der Waals surface area contributed by atoms with Gasteiger partial charge in [0.15, 0.2) is 0 Å². The summed E-state index contributed by atoms with van der Waals surface area (Å²) in [4.78, 5) is 4.17. The Bertz CT molecular complexity index is 396. The molecular weight excluding hydrogens is 254 g/mol. The fraction of sp³-hybridized carbons (Fsp3) is 0.692. The van der Waals surface area contributed by atoms with Gasteiger partial charge in [0.25, 0.3) is 0 Å². The smallest absolute Gasteiger partial charge is 0.0430 e. The molecule has 0 saturated heterocycles. The van der Waals surface area contributed by atoms with Crippen LogP contribution in [0, 0.1) is 11.8 Å². The van der Waals surface area contributed by atoms with Gasteiger partial charge >= 0.3 is 0 Å². The van der Waals surface area contributed by atoms with Crippen molar-refractivity contribution in [2.24, 2.45) is 49.7 Å². The fourth-order valence-electron chi connectivity index (χ4n) is 1.94. The van der Waals surface area contributed by atoms with E-state index in [1.165, 1.54) is 0 Å². The van der Waals surface area contributed by atoms with E-state index in [1.54, 1.807) is 13.3 Å². The molecule has 0 aromatic carbocycles. The van der Waals surface area contributed by atoms with E-state index in [-0.39, 0.29) is 11.8 Å². The monoisotopic (exact) mass is 281 g/mol. The lowest BCUT2D eigenvalue weighted by molar-refractivity contribution is 0.565. The number of nitrogens with two attached hydrogens (primary N) is 3. The quantitative estimate of drug-likeness (QED) is 0.350. The molecule has 114 valence electrons. The van der Waals surface area contributed by atoms with E-state index in [4.69, 9.17) is 17.5 Å². The van der Waals surface area contributed by atoms with Gasteiger partial charge in [-0.05, 0) is 40.0 Å². The van der Waals surface area contributed by atoms with Gasteiger partial charge in [-0.3, -0.25) is 4.99 Å². The minimum absolute atomic E-state index is 0.00873. The van der Waals surface area contributed by atoms with Crippen molar-refractivity contribution >= 4 is 23.3 Å². The topological polar surface area (TPSA) is 127 Å². The first-order chi connectivity index (χ1) is 9.49. The highest BCUT2D eigenvalue weighted by molar-refractivity contribution is 5.97. The van der Waals surface area contributed by atoms with Crippen molar-refractivity contribution in [2.75, 3.05) is 7.05 Å². The number of rotatable bonds is 8. The zero-order valence-electron chi connectivity index (χ0n) is 12.9. The van der Waals surface area contributed by atoms with Crippen molar-refractivity contribution in [2.45, 2.75) is 40.0 Å². The number of hydrogen-bond donors (Lipinski definition) is 3. The van der Waals surface area contributed by atoms with Crippen LogP contribution in [0.15, 0.2) is 20.3 Å². The highest BCUT2D eigenvalue weighted by Gasteiger charge is 2.20. The van der Waals surface area contributed by atoms with Gasteiger partial charge in [0.1, 0.15) is 0 Å². The second-order valence-corrected chi connectivity index (χ2v) is 4.88. The average Bonchev–Trinajstić information content (AvgIpc) is 2.48. The largest absolute Gasteiger partial charge is 0.324 e. The molecule has 2 atom stereocenters. The summed E-state index contributed by atoms with van der Waals surface area (Å²) in [5.74, 6) is 16.2. The Morgan fingerprint density at radius 3 is 2.10 bits per heavy atom. The molecule has 0 aromatic heterocycles. The summed E-state index contributed by atoms with van der Waals surface area (Å²) in [6.07, 6.45) is 4.25. The third-order valence-electron chi connectivity index (χ3n) is 3.58. The van der Waals surface area contributed by atoms with Crippen molar-refractivity contribution in [1.29, 1.82) is 0 Å². The van der Waals surface area contributed by atoms with Crippen LogP contribution in [-0.4, -0.2) is 30.4 Å². The molecule has 0 spiro atoms. The highest BCUT2D eigenvalue weighted by atomic mass is 15.1. The average molecular weight is 281 g/mol. The van der Waals surface area contributed by atoms with Crippen molar-refractivity contribution in [3.8, 4) is 0 Å². The van der Waals surface area contributed by atoms with Crippen LogP contribution >= 0.6 is 0 Å². The Balaban J connectivity index is 4.95. The molecule has 6 N–H and O–H groups in total. The van der Waals surface area contributed by atoms with Gasteiger partial charge in [-0.15, -0.1) is 0 Å². The van der Waals surface area contributed by atoms with E-state index in [0.717, 1.165) is 36.4 Å². The predicted octanol–water partition coefficient (Wildman–Crippen LogP) is 1.09. The molecule has 0 aromatic rings. The fourth-order valence-corrected chi connectivity index (χ4v) is 1.94. The van der Waals surface area contributed by atoms with Gasteiger partial charge in [-0.25, -0.2) is 0 Å². The molecule has 0 aliphatic rings. The molecule has 0 rings (SSSR count). The molecule has 0 aliphatic carbocycles. The van der Waals surface area contributed by atoms with Crippen LogP contribution < -0.4 is 17.5 Å². The van der Waals surface area contributed by atoms with Gasteiger partial charge in [0.05, 0.1) is 0 Å². The van der Waals surface area contributed by atoms with Crippen LogP contribution in [-0.2, 0) is 0 Å². The molecule has 0 aliphatic heterocycles. The summed E-state index contributed by atoms with van der Waals surface area (Å²) < 4.78 is 0. The van der Waals surface area contributed by atoms with E-state index in [2.05, 4.69) is 20.3 Å². The minimum Gasteiger partial charge on any atom is -0.324 e. The van der Waals surface area contributed by atoms with Crippen LogP contribution in [0.3, 0.4) is 0 Å². The van der Waals surface area contributed by atoms with E-state index in [1.807, 2.05) is 20.8 Å². The number of nitrogens with zero attached hydrogens (tertiary/aromatic N) is 4. The Labute approximate surface area is 121 Å². The Hall–Kier alpha value is -1.92. The maximum absolute atomic E-state index is 5.41. The first-order valence-corrected chi connectivity index (χ1v) is 6.64. The first kappa shape index (κ1) is 18.1. The van der Waals surface area contributed by atoms with Gasteiger partial charge in [0, 0.05) is 42.2 Å². The third kappa shape index (κ3) is 6.31. The molecule has 0 fully saturated rings. The maximum atomic E-state index is 5.41. The maximum Gasteiger partial charge on any atom is 0.0430 e. The van der Waals surface area contributed by atoms with Crippen molar-refractivity contribution < 1.29 is 0 Å². The van der Waals surface area contributed by atoms with Gasteiger partial charge < -0.3 is 17.5 Å². The van der Waals surface area contributed by atoms with Crippen molar-refractivity contribution in [1.82, 2.24) is 0 Å². The van der Waals surface area contributed by atoms with Crippen LogP contribution in [0.25, 0.3) is 0 Å². The Kier molecular flexibility index (Phi) is 8.98. The summed E-state index contributed by atoms with van der Waals surface area (Å²) in [6.45, 7) is 5.79. The summed E-state index contributed by atoms with van der Waals surface area (Å²) in [5, 5.41) is 11.2. The zero-order chi connectivity index (χ0) is 15.5. The van der Waals surface area contributed by atoms with Crippen molar-refractivity contribution in [3.05, 3.63) is 0 Å². The summed E-state index contributed by atoms with van der Waals surface area (Å²) in [7, 11) is 1.79. The lowest BCUT2D eigenvalue weighted by atomic mass is 9.86. The van der Waals surface area contributed by atoms with Crippen LogP contribution in [0.4, 0.5) is 0 Å². The second-order valence-electron chi connectivity index (χ2n) is 4.88. The molecule has 7 heteroatoms. The minimum atomic E-state index is -0.00873. The van der Waals surface area contributed by atoms with Gasteiger partial charge in [0.2, 0.25) is 0 Å². The zero-order valence-corrected chi connectivity index (χ0v) is 12.9. The predicted molar refractivity (Wildman–Crippen MR) is 87.1 cm³/mol. The third-order valence-corrected chi connectivity index (χ3v) is 3.58. The van der Waals surface area contributed by atoms with E-state index in [9.17, 15) is 0 Å². The lowest BCUT2D eigenvalue weighted by Gasteiger charge is -2.20. The number of hydrazone groups is 3. The standard InChI is InChI=1S/C13H27N7/c1-9(17-4)5-6-12(10(2)19-15)7-13(8-18-14)11(3)20-16/h8,12-13H,5-7,14-16H2,1-4H3/b17-9?,18-8+,19-10+,20-11-. The lowest BCUT2D eigenvalue weighted by Crippen LogP contribution is -2.24. The summed E-state index contributed by atoms with van der Waals surface area (Å²) in [6, 6.07) is 0. The van der Waals surface area contributed by atoms with E-state index >= 15 is 0 Å². The number of hydrogen-bond acceptors (Lipinski definition) is 7. The second kappa shape index (κ2) is 9.94. The molecular formula is C13H27N7. The van der Waals surface area contributed by atoms with E-state index in [0.29, 0.717) is 0 Å². The molecule has 0 saturated carbocycles. The molecule has 7 nitrogen and oxygen atoms in total. The molecule has 0 amide bonds. The number of aliphatic imine (C=N–C) groups is 1. The molecule has 20 heavy (non-hydrogen) atoms. The van der Waals surface area contributed by atoms with E-state index < -0.39 is 0 Å². The SMILES string of the molecule is CN=C(C)CCC(CC(/C=N/N)/C(C)=N\N)/C(C)=N/N. The van der Waals surface area contributed by atoms with Crippen LogP contribution in [0.5, 0.6) is 0 Å². The normalized spacial score (nSPS) is 17.5. The molecule has 0 bridgehead atoms. The first-order valence-electron chi connectivity index (χ1n) is 6.64. The Morgan fingerprint density at radius 1 is 1.05 bits per heavy atom. The molecule has 0 heterocycles. The summed E-state index contributed by atoms with van der Waals surface area (Å²) >= 11 is 0. The highest BCUT2D eigenvalue weighted by Crippen LogP contribution is 2.20. The van der Waals surface area contributed by atoms with Crippen LogP contribution in [0.1, 0.15) is 40.0 Å². The molecule has 2 unspecified atom stereocenters. The summed E-state index contributed by atoms with van der Waals surface area (Å²) in [5.41, 5.74) is 2.79. The van der Waals surface area contributed by atoms with Gasteiger partial charge in [-0.1, -0.05) is 0 Å². The van der Waals surface area contributed by atoms with Gasteiger partial charge in [-0.2, -0.15) is 15.3 Å². The van der Waals surface area contributed by atoms with Crippen LogP contribution in [0.2, 0.25) is 0 Å². The Morgan fingerprint density at radius 2 is 1.65 bits per heavy atom.